The number of hydrogen-bond donors (Lipinski definition) is 2. The lowest BCUT2D eigenvalue weighted by molar-refractivity contribution is 0.0265. The summed E-state index contributed by atoms with van der Waals surface area (Å²) in [7, 11) is 0. The van der Waals surface area contributed by atoms with Gasteiger partial charge in [0.15, 0.2) is 0 Å². The highest BCUT2D eigenvalue weighted by Gasteiger charge is 2.50. The average Bonchev–Trinajstić information content (AvgIpc) is 3.33. The monoisotopic (exact) mass is 592 g/mol. The van der Waals surface area contributed by atoms with Gasteiger partial charge in [-0.2, -0.15) is 0 Å². The number of nitrogens with zero attached hydrogens (tertiary/aromatic N) is 2. The minimum absolute atomic E-state index is 0.116. The van der Waals surface area contributed by atoms with Crippen LogP contribution in [0.2, 0.25) is 0 Å². The molecule has 4 rings (SSSR count). The van der Waals surface area contributed by atoms with Gasteiger partial charge in [0.05, 0.1) is 11.3 Å². The zero-order valence-corrected chi connectivity index (χ0v) is 26.3. The quantitative estimate of drug-likeness (QED) is 0.166. The fraction of sp³-hybridized carbons (Fsp3) is 0.571. The second-order valence-electron chi connectivity index (χ2n) is 13.5. The van der Waals surface area contributed by atoms with Crippen LogP contribution >= 0.6 is 0 Å². The van der Waals surface area contributed by atoms with Gasteiger partial charge in [0.2, 0.25) is 0 Å². The molecule has 8 nitrogen and oxygen atoms in total. The van der Waals surface area contributed by atoms with Crippen molar-refractivity contribution in [1.29, 1.82) is 0 Å². The summed E-state index contributed by atoms with van der Waals surface area (Å²) in [5.41, 5.74) is 3.07. The van der Waals surface area contributed by atoms with Gasteiger partial charge in [0.1, 0.15) is 6.10 Å². The Balaban J connectivity index is 1.46. The first-order valence-corrected chi connectivity index (χ1v) is 15.7. The molecule has 8 heteroatoms. The highest BCUT2D eigenvalue weighted by atomic mass is 16.8. The molecule has 3 fully saturated rings. The molecule has 43 heavy (non-hydrogen) atoms. The Morgan fingerprint density at radius 3 is 2.44 bits per heavy atom. The van der Waals surface area contributed by atoms with Crippen molar-refractivity contribution in [3.63, 3.8) is 0 Å². The smallest absolute Gasteiger partial charge is 0.338 e. The second-order valence-corrected chi connectivity index (χ2v) is 13.5. The molecule has 0 saturated heterocycles. The van der Waals surface area contributed by atoms with Crippen molar-refractivity contribution in [3.05, 3.63) is 81.8 Å². The third-order valence-electron chi connectivity index (χ3n) is 10.5. The molecule has 0 unspecified atom stereocenters. The highest BCUT2D eigenvalue weighted by Crippen LogP contribution is 2.59. The lowest BCUT2D eigenvalue weighted by Crippen LogP contribution is -2.35. The van der Waals surface area contributed by atoms with Crippen molar-refractivity contribution < 1.29 is 19.9 Å². The van der Waals surface area contributed by atoms with Crippen LogP contribution in [0, 0.1) is 45.4 Å². The molecular weight excluding hydrogens is 544 g/mol. The first-order valence-electron chi connectivity index (χ1n) is 15.7. The molecule has 236 valence electrons. The van der Waals surface area contributed by atoms with E-state index < -0.39 is 23.0 Å². The Kier molecular flexibility index (Phi) is 10.6. The molecule has 0 radical (unpaired) electrons. The molecule has 0 heterocycles. The maximum Gasteiger partial charge on any atom is 0.338 e. The fourth-order valence-corrected chi connectivity index (χ4v) is 7.48. The Morgan fingerprint density at radius 1 is 1.05 bits per heavy atom. The molecule has 3 saturated carbocycles. The Hall–Kier alpha value is -2.91. The molecular formula is C35H48N2O6-2. The molecule has 1 aromatic rings. The van der Waals surface area contributed by atoms with Crippen LogP contribution in [-0.4, -0.2) is 22.5 Å². The van der Waals surface area contributed by atoms with Gasteiger partial charge in [-0.15, -0.1) is 5.23 Å². The molecule has 0 aliphatic heterocycles. The maximum absolute atomic E-state index is 12.9. The van der Waals surface area contributed by atoms with Crippen molar-refractivity contribution in [2.24, 2.45) is 35.0 Å². The first-order chi connectivity index (χ1) is 20.3. The van der Waals surface area contributed by atoms with Crippen LogP contribution in [0.4, 0.5) is 11.4 Å². The summed E-state index contributed by atoms with van der Waals surface area (Å²) in [6.45, 7) is 16.0. The summed E-state index contributed by atoms with van der Waals surface area (Å²) >= 11 is 0. The Bertz CT molecular complexity index is 1240. The van der Waals surface area contributed by atoms with E-state index >= 15 is 0 Å². The number of allylic oxidation sites excluding steroid dienone is 6. The first kappa shape index (κ1) is 33.0. The third-order valence-corrected chi connectivity index (χ3v) is 10.5. The zero-order valence-electron chi connectivity index (χ0n) is 26.3. The summed E-state index contributed by atoms with van der Waals surface area (Å²) in [6.07, 6.45) is 16.8. The van der Waals surface area contributed by atoms with Crippen molar-refractivity contribution >= 4 is 17.3 Å². The molecule has 3 aliphatic carbocycles. The number of anilines is 2. The van der Waals surface area contributed by atoms with E-state index in [9.17, 15) is 25.6 Å². The second kappa shape index (κ2) is 13.8. The molecule has 0 aromatic heterocycles. The number of ether oxygens (including phenoxy) is 1. The van der Waals surface area contributed by atoms with Gasteiger partial charge in [-0.3, -0.25) is 10.4 Å². The van der Waals surface area contributed by atoms with Crippen LogP contribution in [0.1, 0.15) is 96.3 Å². The van der Waals surface area contributed by atoms with Crippen LogP contribution in [0.25, 0.3) is 0 Å². The highest BCUT2D eigenvalue weighted by molar-refractivity contribution is 5.92. The van der Waals surface area contributed by atoms with Crippen LogP contribution in [-0.2, 0) is 4.74 Å². The van der Waals surface area contributed by atoms with Crippen LogP contribution < -0.4 is 10.5 Å². The Labute approximate surface area is 256 Å². The zero-order chi connectivity index (χ0) is 31.5. The lowest BCUT2D eigenvalue weighted by Gasteiger charge is -2.44. The Morgan fingerprint density at radius 2 is 1.77 bits per heavy atom. The maximum atomic E-state index is 12.9. The largest absolute Gasteiger partial charge is 0.769 e. The summed E-state index contributed by atoms with van der Waals surface area (Å²) in [6, 6.07) is 3.19. The van der Waals surface area contributed by atoms with Gasteiger partial charge in [0, 0.05) is 12.1 Å². The van der Waals surface area contributed by atoms with E-state index in [0.717, 1.165) is 35.8 Å². The predicted molar refractivity (Wildman–Crippen MR) is 171 cm³/mol. The predicted octanol–water partition coefficient (Wildman–Crippen LogP) is 8.89. The van der Waals surface area contributed by atoms with Crippen LogP contribution in [0.15, 0.2) is 65.8 Å². The minimum atomic E-state index is -0.743. The minimum Gasteiger partial charge on any atom is -0.769 e. The van der Waals surface area contributed by atoms with E-state index in [-0.39, 0.29) is 16.5 Å². The SMILES string of the molecule is C=C1CC[C@@H](OC(=O)c2cc(N([O-])[O-])cc(N(O)O)c2)CC1=CC=C1CCC[C@@]2(C)[C@@H]1CC[C@@H]2[C@H](C)C=C[C@@H](C)C(C)C. The molecule has 0 bridgehead atoms. The fourth-order valence-electron chi connectivity index (χ4n) is 7.48. The summed E-state index contributed by atoms with van der Waals surface area (Å²) in [4.78, 5) is 12.9. The summed E-state index contributed by atoms with van der Waals surface area (Å²) < 4.78 is 5.75. The van der Waals surface area contributed by atoms with Gasteiger partial charge in [0.25, 0.3) is 0 Å². The van der Waals surface area contributed by atoms with E-state index in [0.29, 0.717) is 54.3 Å². The van der Waals surface area contributed by atoms with Gasteiger partial charge in [-0.05, 0) is 104 Å². The molecule has 2 N–H and O–H groups in total. The topological polar surface area (TPSA) is 119 Å². The number of esters is 1. The summed E-state index contributed by atoms with van der Waals surface area (Å²) in [5, 5.41) is 40.3. The number of rotatable bonds is 9. The normalized spacial score (nSPS) is 29.3. The van der Waals surface area contributed by atoms with E-state index in [4.69, 9.17) is 4.74 Å². The van der Waals surface area contributed by atoms with Crippen molar-refractivity contribution in [3.8, 4) is 0 Å². The molecule has 0 spiro atoms. The average molecular weight is 593 g/mol. The third kappa shape index (κ3) is 7.60. The van der Waals surface area contributed by atoms with Gasteiger partial charge in [-0.25, -0.2) is 4.79 Å². The molecule has 6 atom stereocenters. The van der Waals surface area contributed by atoms with E-state index in [1.807, 2.05) is 0 Å². The lowest BCUT2D eigenvalue weighted by atomic mass is 9.61. The van der Waals surface area contributed by atoms with Gasteiger partial charge in [-0.1, -0.05) is 76.6 Å². The van der Waals surface area contributed by atoms with Crippen molar-refractivity contribution in [2.45, 2.75) is 92.1 Å². The molecule has 3 aliphatic rings. The number of hydrogen-bond acceptors (Lipinski definition) is 8. The van der Waals surface area contributed by atoms with Gasteiger partial charge < -0.3 is 20.4 Å². The number of carbonyl (C=O) groups is 1. The number of benzene rings is 1. The summed E-state index contributed by atoms with van der Waals surface area (Å²) in [5.74, 6) is 2.30. The van der Waals surface area contributed by atoms with Crippen molar-refractivity contribution in [2.75, 3.05) is 10.5 Å². The van der Waals surface area contributed by atoms with Crippen LogP contribution in [0.3, 0.4) is 0 Å². The number of carbonyl (C=O) groups excluding carboxylic acids is 1. The number of fused-ring (bicyclic) bond motifs is 1. The van der Waals surface area contributed by atoms with E-state index in [2.05, 4.69) is 65.5 Å². The van der Waals surface area contributed by atoms with Crippen LogP contribution in [0.5, 0.6) is 0 Å². The van der Waals surface area contributed by atoms with E-state index in [1.54, 1.807) is 0 Å². The van der Waals surface area contributed by atoms with Gasteiger partial charge >= 0.3 is 5.97 Å². The molecule has 0 amide bonds. The van der Waals surface area contributed by atoms with Crippen molar-refractivity contribution in [1.82, 2.24) is 0 Å². The van der Waals surface area contributed by atoms with E-state index in [1.165, 1.54) is 31.3 Å². The standard InChI is InChI=1S/C35H48N2O6/c1-22(2)23(3)9-10-25(5)32-15-16-33-26(8-7-17-35(32,33)6)12-13-27-20-31(14-11-24(27)4)43-34(38)28-18-29(36(39)40)21-30(19-28)37(41)42/h9-10,12-13,18-19,21-23,25,31-33,39-40H,4,7-8,11,14-17,20H2,1-3,5-6H3/q-2/t23-,25-,31-,32-,33-,35-/m1/s1. The molecule has 1 aromatic carbocycles.